The number of aryl methyl sites for hydroxylation is 1. The lowest BCUT2D eigenvalue weighted by molar-refractivity contribution is 0.562. The number of allylic oxidation sites excluding steroid dienone is 1. The molecule has 0 saturated heterocycles. The van der Waals surface area contributed by atoms with Crippen molar-refractivity contribution in [2.75, 3.05) is 0 Å². The lowest BCUT2D eigenvalue weighted by Crippen LogP contribution is -2.30. The number of benzene rings is 1. The third-order valence-electron chi connectivity index (χ3n) is 3.38. The molecule has 1 aliphatic carbocycles. The van der Waals surface area contributed by atoms with Crippen molar-refractivity contribution in [1.82, 2.24) is 5.43 Å². The van der Waals surface area contributed by atoms with Crippen LogP contribution in [0.15, 0.2) is 29.8 Å². The molecule has 0 aromatic heterocycles. The molecule has 3 heteroatoms. The fourth-order valence-electron chi connectivity index (χ4n) is 2.39. The summed E-state index contributed by atoms with van der Waals surface area (Å²) in [4.78, 5) is 0. The predicted molar refractivity (Wildman–Crippen MR) is 67.8 cm³/mol. The standard InChI is InChI=1S/C14H19FN2/c1-10-9-12(7-8-13(10)15)14(17-16)11-5-3-2-4-6-11/h5,7-9,14,17H,2-4,6,16H2,1H3. The van der Waals surface area contributed by atoms with Gasteiger partial charge in [0.15, 0.2) is 0 Å². The minimum atomic E-state index is -0.165. The van der Waals surface area contributed by atoms with Crippen molar-refractivity contribution >= 4 is 0 Å². The van der Waals surface area contributed by atoms with Crippen molar-refractivity contribution < 1.29 is 4.39 Å². The van der Waals surface area contributed by atoms with Gasteiger partial charge in [0.05, 0.1) is 6.04 Å². The van der Waals surface area contributed by atoms with E-state index in [-0.39, 0.29) is 11.9 Å². The van der Waals surface area contributed by atoms with Crippen LogP contribution in [0.25, 0.3) is 0 Å². The molecule has 0 spiro atoms. The van der Waals surface area contributed by atoms with Gasteiger partial charge in [-0.1, -0.05) is 23.8 Å². The third-order valence-corrected chi connectivity index (χ3v) is 3.38. The van der Waals surface area contributed by atoms with Gasteiger partial charge in [-0.15, -0.1) is 0 Å². The van der Waals surface area contributed by atoms with Gasteiger partial charge in [0.25, 0.3) is 0 Å². The predicted octanol–water partition coefficient (Wildman–Crippen LogP) is 3.14. The SMILES string of the molecule is Cc1cc(C(NN)C2=CCCCC2)ccc1F. The first-order chi connectivity index (χ1) is 8.22. The fraction of sp³-hybridized carbons (Fsp3) is 0.429. The van der Waals surface area contributed by atoms with Gasteiger partial charge in [-0.2, -0.15) is 0 Å². The van der Waals surface area contributed by atoms with Crippen LogP contribution in [0.5, 0.6) is 0 Å². The van der Waals surface area contributed by atoms with E-state index in [0.29, 0.717) is 5.56 Å². The summed E-state index contributed by atoms with van der Waals surface area (Å²) in [6.07, 6.45) is 6.92. The van der Waals surface area contributed by atoms with Crippen molar-refractivity contribution in [3.8, 4) is 0 Å². The lowest BCUT2D eigenvalue weighted by Gasteiger charge is -2.23. The van der Waals surface area contributed by atoms with E-state index in [2.05, 4.69) is 11.5 Å². The summed E-state index contributed by atoms with van der Waals surface area (Å²) >= 11 is 0. The largest absolute Gasteiger partial charge is 0.271 e. The normalized spacial score (nSPS) is 17.7. The Morgan fingerprint density at radius 3 is 2.76 bits per heavy atom. The zero-order chi connectivity index (χ0) is 12.3. The summed E-state index contributed by atoms with van der Waals surface area (Å²) in [6, 6.07) is 5.21. The van der Waals surface area contributed by atoms with Gasteiger partial charge in [0.2, 0.25) is 0 Å². The summed E-state index contributed by atoms with van der Waals surface area (Å²) in [5, 5.41) is 0. The number of hydrogen-bond donors (Lipinski definition) is 2. The van der Waals surface area contributed by atoms with E-state index in [1.165, 1.54) is 24.5 Å². The van der Waals surface area contributed by atoms with E-state index in [1.54, 1.807) is 6.92 Å². The molecular formula is C14H19FN2. The maximum Gasteiger partial charge on any atom is 0.126 e. The molecule has 1 atom stereocenters. The van der Waals surface area contributed by atoms with Crippen LogP contribution in [0.3, 0.4) is 0 Å². The molecule has 0 amide bonds. The van der Waals surface area contributed by atoms with Crippen LogP contribution in [-0.2, 0) is 0 Å². The van der Waals surface area contributed by atoms with E-state index >= 15 is 0 Å². The van der Waals surface area contributed by atoms with E-state index in [0.717, 1.165) is 18.4 Å². The average molecular weight is 234 g/mol. The van der Waals surface area contributed by atoms with E-state index in [1.807, 2.05) is 12.1 Å². The molecule has 1 aromatic rings. The maximum absolute atomic E-state index is 13.2. The van der Waals surface area contributed by atoms with Gasteiger partial charge in [-0.3, -0.25) is 5.84 Å². The molecule has 92 valence electrons. The Kier molecular flexibility index (Phi) is 3.92. The Bertz CT molecular complexity index is 426. The number of halogens is 1. The number of hydrazine groups is 1. The average Bonchev–Trinajstić information content (AvgIpc) is 2.36. The molecule has 0 saturated carbocycles. The van der Waals surface area contributed by atoms with E-state index in [9.17, 15) is 4.39 Å². The Balaban J connectivity index is 2.28. The second-order valence-electron chi connectivity index (χ2n) is 4.63. The highest BCUT2D eigenvalue weighted by atomic mass is 19.1. The summed E-state index contributed by atoms with van der Waals surface area (Å²) in [6.45, 7) is 1.78. The van der Waals surface area contributed by atoms with Crippen LogP contribution in [0.4, 0.5) is 4.39 Å². The summed E-state index contributed by atoms with van der Waals surface area (Å²) in [5.41, 5.74) is 5.87. The Morgan fingerprint density at radius 2 is 2.18 bits per heavy atom. The van der Waals surface area contributed by atoms with Crippen molar-refractivity contribution in [3.05, 3.63) is 46.8 Å². The smallest absolute Gasteiger partial charge is 0.126 e. The van der Waals surface area contributed by atoms with Crippen LogP contribution in [0, 0.1) is 12.7 Å². The minimum Gasteiger partial charge on any atom is -0.271 e. The minimum absolute atomic E-state index is 0.0228. The van der Waals surface area contributed by atoms with Crippen molar-refractivity contribution in [2.24, 2.45) is 5.84 Å². The van der Waals surface area contributed by atoms with Crippen molar-refractivity contribution in [2.45, 2.75) is 38.6 Å². The van der Waals surface area contributed by atoms with Gasteiger partial charge < -0.3 is 0 Å². The molecular weight excluding hydrogens is 215 g/mol. The maximum atomic E-state index is 13.2. The molecule has 0 heterocycles. The van der Waals surface area contributed by atoms with Gasteiger partial charge >= 0.3 is 0 Å². The first-order valence-electron chi connectivity index (χ1n) is 6.13. The topological polar surface area (TPSA) is 38.0 Å². The number of rotatable bonds is 3. The molecule has 0 fully saturated rings. The van der Waals surface area contributed by atoms with Crippen molar-refractivity contribution in [1.29, 1.82) is 0 Å². The molecule has 17 heavy (non-hydrogen) atoms. The molecule has 3 N–H and O–H groups in total. The lowest BCUT2D eigenvalue weighted by atomic mass is 9.89. The zero-order valence-corrected chi connectivity index (χ0v) is 10.2. The summed E-state index contributed by atoms with van der Waals surface area (Å²) in [5.74, 6) is 5.47. The molecule has 2 rings (SSSR count). The Morgan fingerprint density at radius 1 is 1.35 bits per heavy atom. The molecule has 0 radical (unpaired) electrons. The van der Waals surface area contributed by atoms with Gasteiger partial charge in [-0.05, 0) is 49.8 Å². The van der Waals surface area contributed by atoms with Crippen LogP contribution in [0.1, 0.15) is 42.9 Å². The zero-order valence-electron chi connectivity index (χ0n) is 10.2. The molecule has 1 aliphatic rings. The quantitative estimate of drug-likeness (QED) is 0.479. The molecule has 0 bridgehead atoms. The van der Waals surface area contributed by atoms with Crippen LogP contribution < -0.4 is 11.3 Å². The second-order valence-corrected chi connectivity index (χ2v) is 4.63. The Labute approximate surface area is 102 Å². The Hall–Kier alpha value is -1.19. The number of hydrogen-bond acceptors (Lipinski definition) is 2. The molecule has 1 unspecified atom stereocenters. The van der Waals surface area contributed by atoms with E-state index < -0.39 is 0 Å². The first kappa shape index (κ1) is 12.3. The van der Waals surface area contributed by atoms with Gasteiger partial charge in [0, 0.05) is 0 Å². The second kappa shape index (κ2) is 5.43. The highest BCUT2D eigenvalue weighted by Crippen LogP contribution is 2.29. The van der Waals surface area contributed by atoms with Crippen LogP contribution >= 0.6 is 0 Å². The van der Waals surface area contributed by atoms with Gasteiger partial charge in [0.1, 0.15) is 5.82 Å². The highest BCUT2D eigenvalue weighted by molar-refractivity contribution is 5.32. The number of nitrogens with one attached hydrogen (secondary N) is 1. The monoisotopic (exact) mass is 234 g/mol. The summed E-state index contributed by atoms with van der Waals surface area (Å²) < 4.78 is 13.2. The van der Waals surface area contributed by atoms with Crippen molar-refractivity contribution in [3.63, 3.8) is 0 Å². The molecule has 2 nitrogen and oxygen atoms in total. The number of nitrogens with two attached hydrogens (primary N) is 1. The van der Waals surface area contributed by atoms with E-state index in [4.69, 9.17) is 5.84 Å². The first-order valence-corrected chi connectivity index (χ1v) is 6.13. The summed E-state index contributed by atoms with van der Waals surface area (Å²) in [7, 11) is 0. The van der Waals surface area contributed by atoms with Crippen LogP contribution in [0.2, 0.25) is 0 Å². The van der Waals surface area contributed by atoms with Gasteiger partial charge in [-0.25, -0.2) is 9.82 Å². The highest BCUT2D eigenvalue weighted by Gasteiger charge is 2.17. The fourth-order valence-corrected chi connectivity index (χ4v) is 2.39. The van der Waals surface area contributed by atoms with Crippen LogP contribution in [-0.4, -0.2) is 0 Å². The molecule has 1 aromatic carbocycles. The molecule has 0 aliphatic heterocycles. The third kappa shape index (κ3) is 2.73.